The summed E-state index contributed by atoms with van der Waals surface area (Å²) >= 11 is 0. The topological polar surface area (TPSA) is 47.3 Å². The molecule has 1 atom stereocenters. The van der Waals surface area contributed by atoms with E-state index in [4.69, 9.17) is 0 Å². The van der Waals surface area contributed by atoms with Gasteiger partial charge in [0.25, 0.3) is 7.94 Å². The molecular weight excluding hydrogens is 219 g/mol. The van der Waals surface area contributed by atoms with Crippen LogP contribution in [0.1, 0.15) is 64.2 Å². The maximum absolute atomic E-state index is 9.66. The highest BCUT2D eigenvalue weighted by molar-refractivity contribution is 7.33. The molecule has 0 aromatic rings. The van der Waals surface area contributed by atoms with Crippen molar-refractivity contribution in [1.29, 1.82) is 5.00 Å². The van der Waals surface area contributed by atoms with Crippen LogP contribution in [-0.4, -0.2) is 21.6 Å². The number of nitrogens with zero attached hydrogens (tertiary/aromatic N) is 2. The molecule has 0 amide bonds. The van der Waals surface area contributed by atoms with E-state index in [0.717, 1.165) is 25.7 Å². The molecule has 0 aromatic heterocycles. The van der Waals surface area contributed by atoms with E-state index in [0.29, 0.717) is 12.1 Å². The summed E-state index contributed by atoms with van der Waals surface area (Å²) in [6.07, 6.45) is 12.3. The van der Waals surface area contributed by atoms with E-state index in [1.165, 1.54) is 38.5 Å². The van der Waals surface area contributed by atoms with Crippen molar-refractivity contribution in [2.24, 2.45) is 0 Å². The fraction of sp³-hybridized carbons (Fsp3) is 1.00. The molecule has 3 nitrogen and oxygen atoms in total. The Morgan fingerprint density at radius 3 is 1.50 bits per heavy atom. The molecule has 2 saturated carbocycles. The van der Waals surface area contributed by atoms with Crippen LogP contribution < -0.4 is 0 Å². The van der Waals surface area contributed by atoms with E-state index < -0.39 is 7.94 Å². The molecule has 16 heavy (non-hydrogen) atoms. The molecule has 0 aliphatic heterocycles. The minimum absolute atomic E-state index is 0.443. The summed E-state index contributed by atoms with van der Waals surface area (Å²) in [4.78, 5) is 9.66. The van der Waals surface area contributed by atoms with Gasteiger partial charge in [-0.2, -0.15) is 5.00 Å². The van der Waals surface area contributed by atoms with E-state index in [1.807, 2.05) is 0 Å². The summed E-state index contributed by atoms with van der Waals surface area (Å²) in [7, 11) is -1.88. The molecule has 0 bridgehead atoms. The monoisotopic (exact) mass is 242 g/mol. The van der Waals surface area contributed by atoms with Crippen molar-refractivity contribution in [3.63, 3.8) is 0 Å². The highest BCUT2D eigenvalue weighted by atomic mass is 31.1. The van der Waals surface area contributed by atoms with Gasteiger partial charge >= 0.3 is 0 Å². The van der Waals surface area contributed by atoms with Gasteiger partial charge in [-0.1, -0.05) is 38.5 Å². The van der Waals surface area contributed by atoms with Crippen LogP contribution in [0, 0.1) is 5.00 Å². The molecule has 0 saturated heterocycles. The smallest absolute Gasteiger partial charge is 0.264 e. The third kappa shape index (κ3) is 2.99. The van der Waals surface area contributed by atoms with Gasteiger partial charge in [-0.3, -0.25) is 0 Å². The molecule has 0 spiro atoms. The summed E-state index contributed by atoms with van der Waals surface area (Å²) in [5.74, 6) is 0. The van der Waals surface area contributed by atoms with Crippen molar-refractivity contribution in [3.05, 3.63) is 0 Å². The molecule has 2 fully saturated rings. The molecule has 1 N–H and O–H groups in total. The summed E-state index contributed by atoms with van der Waals surface area (Å²) in [6.45, 7) is 0. The second kappa shape index (κ2) is 6.02. The van der Waals surface area contributed by atoms with Crippen molar-refractivity contribution in [1.82, 2.24) is 4.67 Å². The fourth-order valence-corrected chi connectivity index (χ4v) is 4.33. The molecule has 0 heterocycles. The van der Waals surface area contributed by atoms with E-state index in [9.17, 15) is 9.90 Å². The zero-order valence-electron chi connectivity index (χ0n) is 10.0. The SMILES string of the molecule is N#P(O)N(C1CCCCC1)C1CCCCC1. The Labute approximate surface area is 99.3 Å². The van der Waals surface area contributed by atoms with Gasteiger partial charge in [0.2, 0.25) is 0 Å². The first-order valence-electron chi connectivity index (χ1n) is 6.75. The lowest BCUT2D eigenvalue weighted by Crippen LogP contribution is -2.40. The molecule has 2 rings (SSSR count). The van der Waals surface area contributed by atoms with Crippen LogP contribution in [0.3, 0.4) is 0 Å². The van der Waals surface area contributed by atoms with Crippen LogP contribution in [0.5, 0.6) is 0 Å². The second-order valence-electron chi connectivity index (χ2n) is 5.23. The van der Waals surface area contributed by atoms with Gasteiger partial charge < -0.3 is 4.89 Å². The van der Waals surface area contributed by atoms with Crippen LogP contribution in [-0.2, 0) is 0 Å². The Morgan fingerprint density at radius 1 is 0.812 bits per heavy atom. The Hall–Kier alpha value is -0.0700. The lowest BCUT2D eigenvalue weighted by atomic mass is 9.91. The lowest BCUT2D eigenvalue weighted by molar-refractivity contribution is 0.169. The van der Waals surface area contributed by atoms with Crippen LogP contribution >= 0.6 is 7.94 Å². The van der Waals surface area contributed by atoms with Gasteiger partial charge in [0, 0.05) is 12.1 Å². The van der Waals surface area contributed by atoms with Crippen molar-refractivity contribution >= 4 is 7.94 Å². The minimum atomic E-state index is -1.88. The molecule has 2 aliphatic rings. The van der Waals surface area contributed by atoms with E-state index in [1.54, 1.807) is 0 Å². The number of rotatable bonds is 2. The van der Waals surface area contributed by atoms with Gasteiger partial charge in [0.05, 0.1) is 0 Å². The van der Waals surface area contributed by atoms with Gasteiger partial charge in [0.15, 0.2) is 0 Å². The van der Waals surface area contributed by atoms with Crippen molar-refractivity contribution in [3.8, 4) is 0 Å². The van der Waals surface area contributed by atoms with E-state index >= 15 is 0 Å². The Morgan fingerprint density at radius 2 is 1.19 bits per heavy atom. The average Bonchev–Trinajstić information content (AvgIpc) is 2.31. The average molecular weight is 242 g/mol. The molecule has 92 valence electrons. The number of hydrogen-bond acceptors (Lipinski definition) is 3. The fourth-order valence-electron chi connectivity index (χ4n) is 3.28. The third-order valence-electron chi connectivity index (χ3n) is 4.10. The first-order chi connectivity index (χ1) is 7.79. The zero-order chi connectivity index (χ0) is 11.4. The summed E-state index contributed by atoms with van der Waals surface area (Å²) in [6, 6.07) is 0.885. The minimum Gasteiger partial charge on any atom is -0.312 e. The molecular formula is C12H23N2OP. The first kappa shape index (κ1) is 12.4. The lowest BCUT2D eigenvalue weighted by Gasteiger charge is -2.38. The third-order valence-corrected chi connectivity index (χ3v) is 5.17. The first-order valence-corrected chi connectivity index (χ1v) is 7.95. The zero-order valence-corrected chi connectivity index (χ0v) is 10.9. The van der Waals surface area contributed by atoms with Crippen molar-refractivity contribution in [2.75, 3.05) is 0 Å². The maximum atomic E-state index is 9.66. The van der Waals surface area contributed by atoms with Gasteiger partial charge in [-0.25, -0.2) is 4.67 Å². The van der Waals surface area contributed by atoms with Gasteiger partial charge in [-0.15, -0.1) is 0 Å². The molecule has 2 aliphatic carbocycles. The number of hydrogen-bond donors (Lipinski definition) is 1. The Bertz CT molecular complexity index is 256. The maximum Gasteiger partial charge on any atom is 0.264 e. The summed E-state index contributed by atoms with van der Waals surface area (Å²) in [5, 5.41) is 9.66. The van der Waals surface area contributed by atoms with E-state index in [-0.39, 0.29) is 0 Å². The summed E-state index contributed by atoms with van der Waals surface area (Å²) in [5.41, 5.74) is 0. The van der Waals surface area contributed by atoms with Gasteiger partial charge in [0.1, 0.15) is 0 Å². The Kier molecular flexibility index (Phi) is 4.66. The highest BCUT2D eigenvalue weighted by Gasteiger charge is 2.31. The van der Waals surface area contributed by atoms with Gasteiger partial charge in [-0.05, 0) is 25.7 Å². The molecule has 4 heteroatoms. The normalized spacial score (nSPS) is 25.9. The highest BCUT2D eigenvalue weighted by Crippen LogP contribution is 2.37. The molecule has 1 unspecified atom stereocenters. The predicted octanol–water partition coefficient (Wildman–Crippen LogP) is 3.74. The predicted molar refractivity (Wildman–Crippen MR) is 66.4 cm³/mol. The summed E-state index contributed by atoms with van der Waals surface area (Å²) < 4.78 is 2.06. The van der Waals surface area contributed by atoms with E-state index in [2.05, 4.69) is 4.67 Å². The quantitative estimate of drug-likeness (QED) is 0.750. The van der Waals surface area contributed by atoms with Crippen LogP contribution in [0.25, 0.3) is 0 Å². The molecule has 0 radical (unpaired) electrons. The van der Waals surface area contributed by atoms with Crippen LogP contribution in [0.4, 0.5) is 0 Å². The van der Waals surface area contributed by atoms with Crippen molar-refractivity contribution < 1.29 is 4.89 Å². The van der Waals surface area contributed by atoms with Crippen LogP contribution in [0.15, 0.2) is 0 Å². The van der Waals surface area contributed by atoms with Crippen molar-refractivity contribution in [2.45, 2.75) is 76.3 Å². The van der Waals surface area contributed by atoms with Crippen LogP contribution in [0.2, 0.25) is 0 Å². The molecule has 0 aromatic carbocycles. The Balaban J connectivity index is 2.00. The largest absolute Gasteiger partial charge is 0.312 e. The standard InChI is InChI=1S/C12H23N2OP/c13-16(15)14(11-7-3-1-4-8-11)12-9-5-2-6-10-12/h11-12,15H,1-10H2. The second-order valence-corrected chi connectivity index (χ2v) is 6.23.